The molecular formula is C23H14F17N. The number of alkyl halides is 17. The lowest BCUT2D eigenvalue weighted by Crippen LogP contribution is -2.74. The Morgan fingerprint density at radius 1 is 0.463 bits per heavy atom. The van der Waals surface area contributed by atoms with Gasteiger partial charge in [-0.15, -0.1) is 0 Å². The van der Waals surface area contributed by atoms with Crippen molar-refractivity contribution in [2.45, 2.75) is 60.5 Å². The molecule has 230 valence electrons. The summed E-state index contributed by atoms with van der Waals surface area (Å²) in [4.78, 5) is 0. The molecule has 0 bridgehead atoms. The molecule has 1 N–H and O–H groups in total. The van der Waals surface area contributed by atoms with Crippen molar-refractivity contribution in [1.29, 1.82) is 5.41 Å². The average molecular weight is 627 g/mol. The lowest BCUT2D eigenvalue weighted by Gasteiger charge is -2.42. The van der Waals surface area contributed by atoms with Gasteiger partial charge in [0.05, 0.1) is 5.71 Å². The highest BCUT2D eigenvalue weighted by molar-refractivity contribution is 6.10. The highest BCUT2D eigenvalue weighted by Crippen LogP contribution is 2.64. The van der Waals surface area contributed by atoms with Crippen molar-refractivity contribution in [2.75, 3.05) is 0 Å². The van der Waals surface area contributed by atoms with Gasteiger partial charge in [0.1, 0.15) is 0 Å². The van der Waals surface area contributed by atoms with Crippen LogP contribution in [0, 0.1) is 5.41 Å². The summed E-state index contributed by atoms with van der Waals surface area (Å²) in [7, 11) is 0. The van der Waals surface area contributed by atoms with Crippen LogP contribution in [0.4, 0.5) is 74.6 Å². The highest BCUT2D eigenvalue weighted by atomic mass is 19.4. The van der Waals surface area contributed by atoms with E-state index in [1.165, 1.54) is 12.1 Å². The Morgan fingerprint density at radius 2 is 0.829 bits per heavy atom. The molecule has 2 aromatic rings. The van der Waals surface area contributed by atoms with Crippen molar-refractivity contribution < 1.29 is 74.6 Å². The molecule has 0 saturated heterocycles. The van der Waals surface area contributed by atoms with Crippen molar-refractivity contribution in [1.82, 2.24) is 0 Å². The molecule has 41 heavy (non-hydrogen) atoms. The molecule has 0 aliphatic carbocycles. The van der Waals surface area contributed by atoms with E-state index in [0.717, 1.165) is 24.3 Å². The van der Waals surface area contributed by atoms with Gasteiger partial charge in [-0.2, -0.15) is 74.6 Å². The van der Waals surface area contributed by atoms with E-state index in [-0.39, 0.29) is 16.8 Å². The number of aryl methyl sites for hydroxylation is 1. The van der Waals surface area contributed by atoms with Crippen LogP contribution in [0.3, 0.4) is 0 Å². The van der Waals surface area contributed by atoms with Crippen molar-refractivity contribution in [3.63, 3.8) is 0 Å². The first-order chi connectivity index (χ1) is 18.2. The number of benzene rings is 2. The fraction of sp³-hybridized carbons (Fsp3) is 0.435. The molecule has 2 aromatic carbocycles. The van der Waals surface area contributed by atoms with Gasteiger partial charge in [0.25, 0.3) is 0 Å². The lowest BCUT2D eigenvalue weighted by molar-refractivity contribution is -0.461. The second-order valence-corrected chi connectivity index (χ2v) is 8.59. The fourth-order valence-corrected chi connectivity index (χ4v) is 3.26. The van der Waals surface area contributed by atoms with Crippen LogP contribution in [0.25, 0.3) is 0 Å². The Balaban J connectivity index is 2.34. The van der Waals surface area contributed by atoms with Gasteiger partial charge in [0.2, 0.25) is 0 Å². The standard InChI is InChI=1S/C23H14F17N/c24-16(25,11-10-12-6-8-14(9-7-12)15(41)13-4-2-1-3-5-13)17(26,27)18(28,29)19(30,31)20(32,33)21(34,35)22(36,37)23(38,39)40/h1-9,41H,10-11H2. The third-order valence-electron chi connectivity index (χ3n) is 5.82. The zero-order valence-corrected chi connectivity index (χ0v) is 19.5. The summed E-state index contributed by atoms with van der Waals surface area (Å²) in [6.07, 6.45) is -11.7. The smallest absolute Gasteiger partial charge is 0.300 e. The van der Waals surface area contributed by atoms with Gasteiger partial charge in [-0.3, -0.25) is 5.41 Å². The predicted octanol–water partition coefficient (Wildman–Crippen LogP) is 9.04. The zero-order valence-electron chi connectivity index (χ0n) is 19.5. The van der Waals surface area contributed by atoms with Crippen LogP contribution in [-0.2, 0) is 6.42 Å². The van der Waals surface area contributed by atoms with Crippen LogP contribution in [-0.4, -0.2) is 53.3 Å². The molecule has 18 heteroatoms. The summed E-state index contributed by atoms with van der Waals surface area (Å²) in [5.74, 6) is -56.3. The van der Waals surface area contributed by atoms with Gasteiger partial charge < -0.3 is 0 Å². The van der Waals surface area contributed by atoms with Crippen LogP contribution < -0.4 is 0 Å². The maximum Gasteiger partial charge on any atom is 0.460 e. The van der Waals surface area contributed by atoms with E-state index in [2.05, 4.69) is 0 Å². The lowest BCUT2D eigenvalue weighted by atomic mass is 9.87. The first-order valence-electron chi connectivity index (χ1n) is 10.7. The number of rotatable bonds is 11. The van der Waals surface area contributed by atoms with Gasteiger partial charge in [-0.25, -0.2) is 0 Å². The predicted molar refractivity (Wildman–Crippen MR) is 108 cm³/mol. The van der Waals surface area contributed by atoms with Gasteiger partial charge in [0, 0.05) is 12.0 Å². The van der Waals surface area contributed by atoms with Gasteiger partial charge >= 0.3 is 47.6 Å². The topological polar surface area (TPSA) is 23.9 Å². The summed E-state index contributed by atoms with van der Waals surface area (Å²) in [6.45, 7) is 0. The van der Waals surface area contributed by atoms with Gasteiger partial charge in [0.15, 0.2) is 0 Å². The maximum atomic E-state index is 14.1. The number of hydrogen-bond donors (Lipinski definition) is 1. The fourth-order valence-electron chi connectivity index (χ4n) is 3.26. The first-order valence-corrected chi connectivity index (χ1v) is 10.7. The van der Waals surface area contributed by atoms with Gasteiger partial charge in [-0.1, -0.05) is 54.6 Å². The minimum atomic E-state index is -8.64. The minimum absolute atomic E-state index is 0.121. The number of nitrogens with one attached hydrogen (secondary N) is 1. The summed E-state index contributed by atoms with van der Waals surface area (Å²) in [5, 5.41) is 8.02. The summed E-state index contributed by atoms with van der Waals surface area (Å²) in [6, 6.07) is 11.7. The van der Waals surface area contributed by atoms with E-state index in [0.29, 0.717) is 5.56 Å². The summed E-state index contributed by atoms with van der Waals surface area (Å²) >= 11 is 0. The van der Waals surface area contributed by atoms with Crippen molar-refractivity contribution in [3.05, 3.63) is 71.3 Å². The van der Waals surface area contributed by atoms with Crippen LogP contribution in [0.5, 0.6) is 0 Å². The quantitative estimate of drug-likeness (QED) is 0.190. The molecule has 0 atom stereocenters. The molecule has 0 aliphatic rings. The summed E-state index contributed by atoms with van der Waals surface area (Å²) in [5.41, 5.74) is -0.0152. The molecule has 0 fully saturated rings. The van der Waals surface area contributed by atoms with Crippen LogP contribution in [0.15, 0.2) is 54.6 Å². The Labute approximate surface area is 218 Å². The third-order valence-corrected chi connectivity index (χ3v) is 5.82. The summed E-state index contributed by atoms with van der Waals surface area (Å²) < 4.78 is 227. The molecular weight excluding hydrogens is 613 g/mol. The Bertz CT molecular complexity index is 1210. The minimum Gasteiger partial charge on any atom is -0.300 e. The van der Waals surface area contributed by atoms with E-state index in [1.54, 1.807) is 18.2 Å². The van der Waals surface area contributed by atoms with Gasteiger partial charge in [-0.05, 0) is 17.5 Å². The second kappa shape index (κ2) is 10.3. The molecule has 0 spiro atoms. The van der Waals surface area contributed by atoms with E-state index >= 15 is 0 Å². The SMILES string of the molecule is N=C(c1ccccc1)c1ccc(CCC(F)(F)C(F)(F)C(F)(F)C(F)(F)C(F)(F)C(F)(F)C(F)(F)C(F)(F)F)cc1. The van der Waals surface area contributed by atoms with Crippen LogP contribution in [0.1, 0.15) is 23.1 Å². The van der Waals surface area contributed by atoms with Crippen molar-refractivity contribution in [2.24, 2.45) is 0 Å². The molecule has 1 nitrogen and oxygen atoms in total. The van der Waals surface area contributed by atoms with Crippen LogP contribution >= 0.6 is 0 Å². The van der Waals surface area contributed by atoms with E-state index in [9.17, 15) is 74.6 Å². The monoisotopic (exact) mass is 627 g/mol. The molecule has 0 heterocycles. The molecule has 0 aromatic heterocycles. The first kappa shape index (κ1) is 34.1. The average Bonchev–Trinajstić information content (AvgIpc) is 2.86. The Kier molecular flexibility index (Phi) is 8.59. The molecule has 0 aliphatic heterocycles. The van der Waals surface area contributed by atoms with E-state index < -0.39 is 60.5 Å². The molecule has 0 amide bonds. The molecule has 2 rings (SSSR count). The van der Waals surface area contributed by atoms with Crippen molar-refractivity contribution >= 4 is 5.71 Å². The third kappa shape index (κ3) is 5.33. The molecule has 0 unspecified atom stereocenters. The van der Waals surface area contributed by atoms with E-state index in [1.807, 2.05) is 0 Å². The maximum absolute atomic E-state index is 14.1. The largest absolute Gasteiger partial charge is 0.460 e. The van der Waals surface area contributed by atoms with E-state index in [4.69, 9.17) is 5.41 Å². The molecule has 0 saturated carbocycles. The normalized spacial score (nSPS) is 14.8. The zero-order chi connectivity index (χ0) is 32.1. The molecule has 0 radical (unpaired) electrons. The number of halogens is 17. The van der Waals surface area contributed by atoms with Crippen molar-refractivity contribution in [3.8, 4) is 0 Å². The Morgan fingerprint density at radius 3 is 1.24 bits per heavy atom. The second-order valence-electron chi connectivity index (χ2n) is 8.59. The highest BCUT2D eigenvalue weighted by Gasteiger charge is 2.95. The Hall–Kier alpha value is -3.08. The number of hydrogen-bond acceptors (Lipinski definition) is 1. The van der Waals surface area contributed by atoms with Crippen LogP contribution in [0.2, 0.25) is 0 Å².